The number of thioether (sulfide) groups is 1. The molecule has 1 atom stereocenters. The van der Waals surface area contributed by atoms with Crippen LogP contribution in [0.3, 0.4) is 0 Å². The summed E-state index contributed by atoms with van der Waals surface area (Å²) in [7, 11) is 0. The average molecular weight is 278 g/mol. The van der Waals surface area contributed by atoms with E-state index in [9.17, 15) is 9.59 Å². The van der Waals surface area contributed by atoms with Gasteiger partial charge in [0.05, 0.1) is 23.8 Å². The minimum atomic E-state index is -0.873. The zero-order chi connectivity index (χ0) is 14.3. The smallest absolute Gasteiger partial charge is 0.304 e. The van der Waals surface area contributed by atoms with Crippen molar-refractivity contribution >= 4 is 29.3 Å². The van der Waals surface area contributed by atoms with Crippen LogP contribution in [0.4, 0.5) is 5.69 Å². The minimum Gasteiger partial charge on any atom is -0.481 e. The molecule has 1 aromatic carbocycles. The predicted octanol–water partition coefficient (Wildman–Crippen LogP) is 2.09. The molecule has 5 nitrogen and oxygen atoms in total. The fourth-order valence-corrected chi connectivity index (χ4v) is 2.15. The van der Waals surface area contributed by atoms with Crippen molar-refractivity contribution in [3.63, 3.8) is 0 Å². The summed E-state index contributed by atoms with van der Waals surface area (Å²) < 4.78 is 0. The first kappa shape index (κ1) is 15.1. The van der Waals surface area contributed by atoms with Gasteiger partial charge in [-0.25, -0.2) is 0 Å². The van der Waals surface area contributed by atoms with Crippen molar-refractivity contribution in [1.82, 2.24) is 0 Å². The number of hydrogen-bond acceptors (Lipinski definition) is 4. The number of rotatable bonds is 6. The standard InChI is InChI=1S/C13H14N2O3S/c1-9(5-13(17)18)19-8-12(16)15-11-4-2-3-10(6-11)7-14/h2-4,6,9H,5,8H2,1H3,(H,15,16)(H,17,18). The number of carboxylic acid groups (broad SMARTS) is 1. The first-order valence-electron chi connectivity index (χ1n) is 5.64. The van der Waals surface area contributed by atoms with Crippen LogP contribution < -0.4 is 5.32 Å². The number of carbonyl (C=O) groups is 2. The van der Waals surface area contributed by atoms with E-state index < -0.39 is 5.97 Å². The molecule has 0 aromatic heterocycles. The van der Waals surface area contributed by atoms with E-state index in [-0.39, 0.29) is 23.3 Å². The number of carbonyl (C=O) groups excluding carboxylic acids is 1. The molecule has 100 valence electrons. The molecular weight excluding hydrogens is 264 g/mol. The largest absolute Gasteiger partial charge is 0.481 e. The molecular formula is C13H14N2O3S. The molecule has 1 unspecified atom stereocenters. The average Bonchev–Trinajstić information content (AvgIpc) is 2.36. The van der Waals surface area contributed by atoms with Gasteiger partial charge >= 0.3 is 5.97 Å². The highest BCUT2D eigenvalue weighted by Crippen LogP contribution is 2.15. The van der Waals surface area contributed by atoms with Crippen LogP contribution in [-0.4, -0.2) is 28.0 Å². The third-order valence-corrected chi connectivity index (χ3v) is 3.40. The molecule has 0 spiro atoms. The molecule has 0 heterocycles. The Bertz CT molecular complexity index is 511. The molecule has 0 bridgehead atoms. The maximum atomic E-state index is 11.6. The van der Waals surface area contributed by atoms with Gasteiger partial charge in [-0.15, -0.1) is 11.8 Å². The number of benzene rings is 1. The number of nitrogens with one attached hydrogen (secondary N) is 1. The van der Waals surface area contributed by atoms with E-state index in [0.29, 0.717) is 11.3 Å². The minimum absolute atomic E-state index is 0.0296. The number of aliphatic carboxylic acids is 1. The van der Waals surface area contributed by atoms with E-state index in [1.165, 1.54) is 11.8 Å². The third-order valence-electron chi connectivity index (χ3n) is 2.24. The Morgan fingerprint density at radius 1 is 1.53 bits per heavy atom. The van der Waals surface area contributed by atoms with Crippen LogP contribution in [-0.2, 0) is 9.59 Å². The van der Waals surface area contributed by atoms with Crippen LogP contribution in [0.5, 0.6) is 0 Å². The molecule has 0 aliphatic heterocycles. The first-order valence-corrected chi connectivity index (χ1v) is 6.69. The van der Waals surface area contributed by atoms with Gasteiger partial charge in [0, 0.05) is 10.9 Å². The first-order chi connectivity index (χ1) is 9.01. The zero-order valence-corrected chi connectivity index (χ0v) is 11.2. The van der Waals surface area contributed by atoms with Crippen molar-refractivity contribution < 1.29 is 14.7 Å². The van der Waals surface area contributed by atoms with Crippen LogP contribution in [0.25, 0.3) is 0 Å². The number of nitriles is 1. The van der Waals surface area contributed by atoms with E-state index >= 15 is 0 Å². The number of anilines is 1. The summed E-state index contributed by atoms with van der Waals surface area (Å²) in [6, 6.07) is 8.62. The van der Waals surface area contributed by atoms with Gasteiger partial charge in [0.15, 0.2) is 0 Å². The van der Waals surface area contributed by atoms with Gasteiger partial charge in [-0.1, -0.05) is 13.0 Å². The molecule has 0 aliphatic rings. The number of carboxylic acids is 1. The summed E-state index contributed by atoms with van der Waals surface area (Å²) in [6.07, 6.45) is 0.0296. The van der Waals surface area contributed by atoms with Crippen LogP contribution >= 0.6 is 11.8 Å². The second kappa shape index (κ2) is 7.44. The lowest BCUT2D eigenvalue weighted by molar-refractivity contribution is -0.136. The SMILES string of the molecule is CC(CC(=O)O)SCC(=O)Nc1cccc(C#N)c1. The van der Waals surface area contributed by atoms with Crippen molar-refractivity contribution in [3.8, 4) is 6.07 Å². The van der Waals surface area contributed by atoms with E-state index in [2.05, 4.69) is 5.32 Å². The molecule has 1 rings (SSSR count). The van der Waals surface area contributed by atoms with Gasteiger partial charge in [-0.05, 0) is 18.2 Å². The Hall–Kier alpha value is -2.00. The normalized spacial score (nSPS) is 11.4. The van der Waals surface area contributed by atoms with Gasteiger partial charge in [0.2, 0.25) is 5.91 Å². The molecule has 2 N–H and O–H groups in total. The molecule has 6 heteroatoms. The fourth-order valence-electron chi connectivity index (χ4n) is 1.39. The van der Waals surface area contributed by atoms with Crippen LogP contribution in [0, 0.1) is 11.3 Å². The topological polar surface area (TPSA) is 90.2 Å². The lowest BCUT2D eigenvalue weighted by atomic mass is 10.2. The molecule has 0 saturated carbocycles. The zero-order valence-electron chi connectivity index (χ0n) is 10.4. The molecule has 1 amide bonds. The Balaban J connectivity index is 2.43. The van der Waals surface area contributed by atoms with Crippen molar-refractivity contribution in [2.24, 2.45) is 0 Å². The van der Waals surface area contributed by atoms with E-state index in [0.717, 1.165) is 0 Å². The van der Waals surface area contributed by atoms with Gasteiger partial charge in [-0.2, -0.15) is 5.26 Å². The van der Waals surface area contributed by atoms with Crippen molar-refractivity contribution in [2.45, 2.75) is 18.6 Å². The van der Waals surface area contributed by atoms with E-state index in [1.54, 1.807) is 31.2 Å². The van der Waals surface area contributed by atoms with Gasteiger partial charge in [0.1, 0.15) is 0 Å². The summed E-state index contributed by atoms with van der Waals surface area (Å²) >= 11 is 1.28. The van der Waals surface area contributed by atoms with Crippen LogP contribution in [0.2, 0.25) is 0 Å². The Kier molecular flexibility index (Phi) is 5.90. The maximum Gasteiger partial charge on any atom is 0.304 e. The number of hydrogen-bond donors (Lipinski definition) is 2. The van der Waals surface area contributed by atoms with Crippen molar-refractivity contribution in [2.75, 3.05) is 11.1 Å². The Morgan fingerprint density at radius 3 is 2.89 bits per heavy atom. The Morgan fingerprint density at radius 2 is 2.26 bits per heavy atom. The molecule has 1 aromatic rings. The molecule has 0 aliphatic carbocycles. The third kappa shape index (κ3) is 5.93. The molecule has 19 heavy (non-hydrogen) atoms. The second-order valence-corrected chi connectivity index (χ2v) is 5.39. The highest BCUT2D eigenvalue weighted by molar-refractivity contribution is 8.00. The highest BCUT2D eigenvalue weighted by Gasteiger charge is 2.10. The lowest BCUT2D eigenvalue weighted by Crippen LogP contribution is -2.16. The summed E-state index contributed by atoms with van der Waals surface area (Å²) in [5.41, 5.74) is 1.04. The number of amides is 1. The summed E-state index contributed by atoms with van der Waals surface area (Å²) in [4.78, 5) is 22.1. The Labute approximate surface area is 115 Å². The van der Waals surface area contributed by atoms with Gasteiger partial charge < -0.3 is 10.4 Å². The molecule has 0 saturated heterocycles. The molecule has 0 fully saturated rings. The van der Waals surface area contributed by atoms with Gasteiger partial charge in [0.25, 0.3) is 0 Å². The van der Waals surface area contributed by atoms with Crippen molar-refractivity contribution in [1.29, 1.82) is 5.26 Å². The predicted molar refractivity (Wildman–Crippen MR) is 74.0 cm³/mol. The van der Waals surface area contributed by atoms with Crippen LogP contribution in [0.15, 0.2) is 24.3 Å². The fraction of sp³-hybridized carbons (Fsp3) is 0.308. The number of nitrogens with zero attached hydrogens (tertiary/aromatic N) is 1. The van der Waals surface area contributed by atoms with E-state index in [1.807, 2.05) is 6.07 Å². The van der Waals surface area contributed by atoms with Gasteiger partial charge in [-0.3, -0.25) is 9.59 Å². The van der Waals surface area contributed by atoms with Crippen molar-refractivity contribution in [3.05, 3.63) is 29.8 Å². The summed E-state index contributed by atoms with van der Waals surface area (Å²) in [5, 5.41) is 19.9. The quantitative estimate of drug-likeness (QED) is 0.831. The second-order valence-electron chi connectivity index (χ2n) is 3.96. The summed E-state index contributed by atoms with van der Waals surface area (Å²) in [6.45, 7) is 1.77. The van der Waals surface area contributed by atoms with E-state index in [4.69, 9.17) is 10.4 Å². The monoisotopic (exact) mass is 278 g/mol. The van der Waals surface area contributed by atoms with Crippen LogP contribution in [0.1, 0.15) is 18.9 Å². The maximum absolute atomic E-state index is 11.6. The lowest BCUT2D eigenvalue weighted by Gasteiger charge is -2.09. The molecule has 0 radical (unpaired) electrons. The highest BCUT2D eigenvalue weighted by atomic mass is 32.2. The summed E-state index contributed by atoms with van der Waals surface area (Å²) in [5.74, 6) is -0.898.